The van der Waals surface area contributed by atoms with E-state index in [1.54, 1.807) is 7.11 Å². The van der Waals surface area contributed by atoms with Gasteiger partial charge in [0.05, 0.1) is 48.1 Å². The number of nitrogens with zero attached hydrogens (tertiary/aromatic N) is 8. The molecule has 3 aromatic rings. The third-order valence-electron chi connectivity index (χ3n) is 19.2. The zero-order chi connectivity index (χ0) is 55.7. The van der Waals surface area contributed by atoms with Crippen molar-refractivity contribution >= 4 is 45.9 Å². The van der Waals surface area contributed by atoms with Crippen LogP contribution >= 0.6 is 0 Å². The first-order valence-corrected chi connectivity index (χ1v) is 29.9. The molecule has 5 saturated heterocycles. The number of hydrogen-bond donors (Lipinski definition) is 3. The Morgan fingerprint density at radius 1 is 0.950 bits per heavy atom. The number of anilines is 1. The average molecular weight is 1110 g/mol. The number of rotatable bonds is 11. The van der Waals surface area contributed by atoms with Gasteiger partial charge < -0.3 is 34.5 Å². The number of methoxy groups -OCH3 is 1. The van der Waals surface area contributed by atoms with Crippen LogP contribution in [-0.2, 0) is 41.6 Å². The fourth-order valence-electron chi connectivity index (χ4n) is 14.6. The highest BCUT2D eigenvalue weighted by Crippen LogP contribution is 2.46. The SMILES string of the molecule is CO[C@@H](C)c1ncc(N2CCN(C3CC3)CC2)cc1-c1c2c3cc(ccc3n1CC(F)(F)F)C1=CCCN(C1)C[C@H](NC(=O)C(C1CCCC1)N1CC[C@]3(CCN(C(=O)[C@H]4CN4)C3)C1)C(=O)N1CCC[C@H](N1)C(=O)OCC(C)(C)C2. The number of alkyl halides is 3. The molecule has 17 nitrogen and oxygen atoms in total. The number of carbonyl (C=O) groups is 4. The average Bonchev–Trinajstić information content (AvgIpc) is 4.34. The first kappa shape index (κ1) is 55.4. The van der Waals surface area contributed by atoms with Crippen molar-refractivity contribution in [3.8, 4) is 11.3 Å². The van der Waals surface area contributed by atoms with E-state index >= 15 is 22.8 Å². The molecule has 2 aliphatic carbocycles. The molecule has 1 aromatic carbocycles. The second-order valence-corrected chi connectivity index (χ2v) is 25.8. The molecule has 20 heteroatoms. The summed E-state index contributed by atoms with van der Waals surface area (Å²) in [5.41, 5.74) is 7.71. The smallest absolute Gasteiger partial charge is 0.406 e. The summed E-state index contributed by atoms with van der Waals surface area (Å²) < 4.78 is 59.2. The summed E-state index contributed by atoms with van der Waals surface area (Å²) in [5, 5.41) is 8.68. The van der Waals surface area contributed by atoms with Gasteiger partial charge in [-0.05, 0) is 118 Å². The van der Waals surface area contributed by atoms with Gasteiger partial charge >= 0.3 is 12.1 Å². The minimum atomic E-state index is -4.58. The van der Waals surface area contributed by atoms with Crippen molar-refractivity contribution < 1.29 is 41.8 Å². The minimum Gasteiger partial charge on any atom is -0.464 e. The number of hydrazine groups is 1. The van der Waals surface area contributed by atoms with Gasteiger partial charge in [0.25, 0.3) is 5.91 Å². The molecule has 6 bridgehead atoms. The summed E-state index contributed by atoms with van der Waals surface area (Å²) in [5.74, 6) is -0.706. The van der Waals surface area contributed by atoms with Gasteiger partial charge in [-0.3, -0.25) is 43.9 Å². The van der Waals surface area contributed by atoms with E-state index in [1.165, 1.54) is 22.4 Å². The molecule has 3 amide bonds. The molecule has 434 valence electrons. The Labute approximate surface area is 468 Å². The predicted molar refractivity (Wildman–Crippen MR) is 298 cm³/mol. The molecular formula is C60H82F3N11O6. The minimum absolute atomic E-state index is 0.0425. The van der Waals surface area contributed by atoms with E-state index in [-0.39, 0.29) is 54.7 Å². The van der Waals surface area contributed by atoms with Crippen molar-refractivity contribution in [2.75, 3.05) is 104 Å². The molecule has 2 aromatic heterocycles. The first-order valence-electron chi connectivity index (χ1n) is 29.9. The molecule has 0 radical (unpaired) electrons. The lowest BCUT2D eigenvalue weighted by Gasteiger charge is -2.39. The van der Waals surface area contributed by atoms with Crippen molar-refractivity contribution in [3.63, 3.8) is 0 Å². The van der Waals surface area contributed by atoms with Crippen LogP contribution in [0.4, 0.5) is 18.9 Å². The number of pyridine rings is 1. The normalized spacial score (nSPS) is 29.0. The van der Waals surface area contributed by atoms with Crippen molar-refractivity contribution in [1.29, 1.82) is 0 Å². The van der Waals surface area contributed by atoms with E-state index in [0.29, 0.717) is 84.9 Å². The lowest BCUT2D eigenvalue weighted by Crippen LogP contribution is -2.63. The number of nitrogens with one attached hydrogen (secondary N) is 3. The second kappa shape index (κ2) is 22.2. The number of esters is 1. The number of hydrogen-bond acceptors (Lipinski definition) is 13. The molecule has 12 rings (SSSR count). The van der Waals surface area contributed by atoms with Gasteiger partial charge in [-0.25, -0.2) is 5.43 Å². The van der Waals surface area contributed by atoms with Crippen LogP contribution in [-0.4, -0.2) is 193 Å². The summed E-state index contributed by atoms with van der Waals surface area (Å²) in [7, 11) is 1.59. The Morgan fingerprint density at radius 2 is 1.73 bits per heavy atom. The fourth-order valence-corrected chi connectivity index (χ4v) is 14.6. The van der Waals surface area contributed by atoms with Crippen LogP contribution in [0.15, 0.2) is 36.5 Å². The topological polar surface area (TPSA) is 170 Å². The highest BCUT2D eigenvalue weighted by atomic mass is 19.4. The largest absolute Gasteiger partial charge is 0.464 e. The molecule has 7 fully saturated rings. The van der Waals surface area contributed by atoms with E-state index in [2.05, 4.69) is 41.7 Å². The maximum absolute atomic E-state index is 15.2. The van der Waals surface area contributed by atoms with Crippen LogP contribution in [0.3, 0.4) is 0 Å². The van der Waals surface area contributed by atoms with Crippen LogP contribution in [0.25, 0.3) is 27.7 Å². The van der Waals surface area contributed by atoms with Crippen LogP contribution in [0, 0.1) is 16.7 Å². The van der Waals surface area contributed by atoms with Gasteiger partial charge in [-0.1, -0.05) is 38.8 Å². The third kappa shape index (κ3) is 11.6. The highest BCUT2D eigenvalue weighted by molar-refractivity contribution is 5.95. The van der Waals surface area contributed by atoms with Gasteiger partial charge in [-0.15, -0.1) is 0 Å². The van der Waals surface area contributed by atoms with Crippen molar-refractivity contribution in [3.05, 3.63) is 53.4 Å². The van der Waals surface area contributed by atoms with Crippen molar-refractivity contribution in [1.82, 2.24) is 50.2 Å². The van der Waals surface area contributed by atoms with E-state index in [0.717, 1.165) is 108 Å². The van der Waals surface area contributed by atoms with Gasteiger partial charge in [0, 0.05) is 119 Å². The molecule has 7 atom stereocenters. The van der Waals surface area contributed by atoms with E-state index in [4.69, 9.17) is 14.5 Å². The lowest BCUT2D eigenvalue weighted by molar-refractivity contribution is -0.155. The van der Waals surface area contributed by atoms with Gasteiger partial charge in [-0.2, -0.15) is 13.2 Å². The number of carbonyl (C=O) groups excluding carboxylic acids is 4. The fraction of sp³-hybridized carbons (Fsp3) is 0.683. The van der Waals surface area contributed by atoms with Gasteiger partial charge in [0.2, 0.25) is 11.8 Å². The van der Waals surface area contributed by atoms with E-state index < -0.39 is 48.3 Å². The molecule has 7 aliphatic heterocycles. The standard InChI is InChI=1S/C60H82F3N11O6/c1-38(79-4)51-45(28-43(30-65-51)70-25-23-69(24-26-70)42-14-15-42)53-46-29-58(2,3)37-80-57(78)47-12-8-20-74(67-47)56(77)49(33-68-19-7-11-41(32-68)40-13-16-50(44(46)27-40)73(53)36-60(61,62)63)66-54(75)52(39-9-5-6-10-39)71-21-17-59(34-71)18-22-72(35-59)55(76)48-31-64-48/h11,13,16,27-28,30,38-39,42,47-49,52,64,67H,5-10,12,14-15,17-26,29,31-37H2,1-4H3,(H,66,75)/t38-,47-,48+,49-,52?,59-/m0/s1. The zero-order valence-corrected chi connectivity index (χ0v) is 47.3. The molecule has 2 saturated carbocycles. The maximum Gasteiger partial charge on any atom is 0.406 e. The Balaban J connectivity index is 0.896. The molecule has 3 N–H and O–H groups in total. The molecule has 9 heterocycles. The number of benzene rings is 1. The molecular weight excluding hydrogens is 1030 g/mol. The monoisotopic (exact) mass is 1110 g/mol. The molecule has 9 aliphatic rings. The van der Waals surface area contributed by atoms with Crippen LogP contribution in [0.1, 0.15) is 114 Å². The van der Waals surface area contributed by atoms with Gasteiger partial charge in [0.15, 0.2) is 0 Å². The van der Waals surface area contributed by atoms with Crippen molar-refractivity contribution in [2.24, 2.45) is 16.7 Å². The van der Waals surface area contributed by atoms with Crippen LogP contribution in [0.5, 0.6) is 0 Å². The molecule has 80 heavy (non-hydrogen) atoms. The van der Waals surface area contributed by atoms with Crippen molar-refractivity contribution in [2.45, 2.75) is 147 Å². The zero-order valence-electron chi connectivity index (χ0n) is 47.3. The van der Waals surface area contributed by atoms with Crippen LogP contribution < -0.4 is 21.0 Å². The number of amides is 3. The second-order valence-electron chi connectivity index (χ2n) is 25.8. The predicted octanol–water partition coefficient (Wildman–Crippen LogP) is 5.91. The Bertz CT molecular complexity index is 2870. The third-order valence-corrected chi connectivity index (χ3v) is 19.2. The number of likely N-dealkylation sites (tertiary alicyclic amines) is 2. The maximum atomic E-state index is 15.2. The number of fused-ring (bicyclic) bond motifs is 6. The number of halogens is 3. The molecule has 1 spiro atoms. The summed E-state index contributed by atoms with van der Waals surface area (Å²) >= 11 is 0. The number of piperazine rings is 1. The Hall–Kier alpha value is -5.12. The van der Waals surface area contributed by atoms with Gasteiger partial charge in [0.1, 0.15) is 18.6 Å². The number of cyclic esters (lactones) is 1. The summed E-state index contributed by atoms with van der Waals surface area (Å²) in [6.45, 7) is 13.1. The Kier molecular flexibility index (Phi) is 15.4. The summed E-state index contributed by atoms with van der Waals surface area (Å²) in [6.07, 6.45) is 8.94. The quantitative estimate of drug-likeness (QED) is 0.153. The Morgan fingerprint density at radius 3 is 2.46 bits per heavy atom. The van der Waals surface area contributed by atoms with E-state index in [9.17, 15) is 9.59 Å². The lowest BCUT2D eigenvalue weighted by atomic mass is 9.84. The van der Waals surface area contributed by atoms with E-state index in [1.807, 2.05) is 56.1 Å². The number of aromatic nitrogens is 2. The summed E-state index contributed by atoms with van der Waals surface area (Å²) in [6, 6.07) is 6.08. The first-order chi connectivity index (χ1) is 38.4. The number of ether oxygens (including phenoxy) is 2. The highest BCUT2D eigenvalue weighted by Gasteiger charge is 2.51. The van der Waals surface area contributed by atoms with Crippen LogP contribution in [0.2, 0.25) is 0 Å². The summed E-state index contributed by atoms with van der Waals surface area (Å²) in [4.78, 5) is 74.1. The molecule has 2 unspecified atom stereocenters.